The van der Waals surface area contributed by atoms with Crippen molar-refractivity contribution in [1.82, 2.24) is 10.2 Å². The van der Waals surface area contributed by atoms with Crippen molar-refractivity contribution < 1.29 is 0 Å². The lowest BCUT2D eigenvalue weighted by molar-refractivity contribution is 0.278. The first kappa shape index (κ1) is 14.0. The van der Waals surface area contributed by atoms with Gasteiger partial charge in [-0.05, 0) is 44.1 Å². The number of benzene rings is 1. The van der Waals surface area contributed by atoms with Gasteiger partial charge in [0.1, 0.15) is 0 Å². The standard InChI is InChI=1S/C15H23BrN2/c1-18(11-13-6-5-7-14(16)10-13)12-15-8-3-2-4-9-17-15/h5-7,10,15,17H,2-4,8-9,11-12H2,1H3. The Balaban J connectivity index is 1.82. The minimum Gasteiger partial charge on any atom is -0.313 e. The zero-order valence-corrected chi connectivity index (χ0v) is 12.7. The van der Waals surface area contributed by atoms with E-state index in [9.17, 15) is 0 Å². The van der Waals surface area contributed by atoms with E-state index in [0.717, 1.165) is 13.1 Å². The van der Waals surface area contributed by atoms with Crippen LogP contribution < -0.4 is 5.32 Å². The molecule has 1 aromatic rings. The van der Waals surface area contributed by atoms with Crippen LogP contribution in [0.5, 0.6) is 0 Å². The topological polar surface area (TPSA) is 15.3 Å². The van der Waals surface area contributed by atoms with Gasteiger partial charge in [-0.3, -0.25) is 0 Å². The number of nitrogens with zero attached hydrogens (tertiary/aromatic N) is 1. The van der Waals surface area contributed by atoms with Crippen LogP contribution in [0.3, 0.4) is 0 Å². The number of hydrogen-bond acceptors (Lipinski definition) is 2. The normalized spacial score (nSPS) is 20.9. The van der Waals surface area contributed by atoms with Gasteiger partial charge in [0.15, 0.2) is 0 Å². The molecule has 1 unspecified atom stereocenters. The van der Waals surface area contributed by atoms with Crippen LogP contribution in [0.1, 0.15) is 31.2 Å². The monoisotopic (exact) mass is 310 g/mol. The summed E-state index contributed by atoms with van der Waals surface area (Å²) in [6, 6.07) is 9.26. The lowest BCUT2D eigenvalue weighted by Gasteiger charge is -2.24. The van der Waals surface area contributed by atoms with E-state index in [-0.39, 0.29) is 0 Å². The molecule has 3 heteroatoms. The number of rotatable bonds is 4. The summed E-state index contributed by atoms with van der Waals surface area (Å²) < 4.78 is 1.17. The zero-order valence-electron chi connectivity index (χ0n) is 11.2. The third-order valence-electron chi connectivity index (χ3n) is 3.54. The van der Waals surface area contributed by atoms with E-state index in [2.05, 4.69) is 57.5 Å². The summed E-state index contributed by atoms with van der Waals surface area (Å²) in [5, 5.41) is 3.66. The molecule has 0 spiro atoms. The lowest BCUT2D eigenvalue weighted by atomic mass is 10.1. The van der Waals surface area contributed by atoms with Gasteiger partial charge >= 0.3 is 0 Å². The SMILES string of the molecule is CN(Cc1cccc(Br)c1)CC1CCCCCN1. The molecule has 100 valence electrons. The molecule has 1 N–H and O–H groups in total. The third-order valence-corrected chi connectivity index (χ3v) is 4.03. The van der Waals surface area contributed by atoms with Crippen molar-refractivity contribution in [1.29, 1.82) is 0 Å². The average molecular weight is 311 g/mol. The van der Waals surface area contributed by atoms with Gasteiger partial charge in [-0.15, -0.1) is 0 Å². The molecule has 1 fully saturated rings. The van der Waals surface area contributed by atoms with Gasteiger partial charge in [0.2, 0.25) is 0 Å². The first-order valence-electron chi connectivity index (χ1n) is 6.90. The van der Waals surface area contributed by atoms with E-state index in [4.69, 9.17) is 0 Å². The van der Waals surface area contributed by atoms with Gasteiger partial charge in [0, 0.05) is 23.6 Å². The number of nitrogens with one attached hydrogen (secondary N) is 1. The van der Waals surface area contributed by atoms with Gasteiger partial charge < -0.3 is 10.2 Å². The quantitative estimate of drug-likeness (QED) is 0.917. The molecule has 1 aromatic carbocycles. The van der Waals surface area contributed by atoms with Crippen molar-refractivity contribution in [3.63, 3.8) is 0 Å². The maximum Gasteiger partial charge on any atom is 0.0231 e. The molecule has 0 aromatic heterocycles. The molecule has 1 aliphatic heterocycles. The van der Waals surface area contributed by atoms with Crippen molar-refractivity contribution >= 4 is 15.9 Å². The number of hydrogen-bond donors (Lipinski definition) is 1. The molecule has 0 aliphatic carbocycles. The van der Waals surface area contributed by atoms with Crippen LogP contribution in [-0.4, -0.2) is 31.1 Å². The van der Waals surface area contributed by atoms with Gasteiger partial charge in [-0.1, -0.05) is 40.9 Å². The summed E-state index contributed by atoms with van der Waals surface area (Å²) in [6.07, 6.45) is 5.43. The number of halogens is 1. The highest BCUT2D eigenvalue weighted by atomic mass is 79.9. The molecule has 18 heavy (non-hydrogen) atoms. The van der Waals surface area contributed by atoms with E-state index in [0.29, 0.717) is 6.04 Å². The molecule has 0 amide bonds. The van der Waals surface area contributed by atoms with Gasteiger partial charge in [0.25, 0.3) is 0 Å². The van der Waals surface area contributed by atoms with Crippen LogP contribution in [0.4, 0.5) is 0 Å². The Bertz CT molecular complexity index is 359. The van der Waals surface area contributed by atoms with Gasteiger partial charge in [-0.25, -0.2) is 0 Å². The van der Waals surface area contributed by atoms with Crippen LogP contribution >= 0.6 is 15.9 Å². The first-order valence-corrected chi connectivity index (χ1v) is 7.70. The van der Waals surface area contributed by atoms with Crippen LogP contribution in [-0.2, 0) is 6.54 Å². The molecule has 2 rings (SSSR count). The Morgan fingerprint density at radius 3 is 3.06 bits per heavy atom. The molecule has 0 saturated carbocycles. The highest BCUT2D eigenvalue weighted by Crippen LogP contribution is 2.14. The van der Waals surface area contributed by atoms with E-state index in [1.54, 1.807) is 0 Å². The van der Waals surface area contributed by atoms with Crippen molar-refractivity contribution in [2.45, 2.75) is 38.3 Å². The van der Waals surface area contributed by atoms with E-state index in [1.165, 1.54) is 42.3 Å². The second-order valence-electron chi connectivity index (χ2n) is 5.33. The van der Waals surface area contributed by atoms with Crippen molar-refractivity contribution in [3.05, 3.63) is 34.3 Å². The van der Waals surface area contributed by atoms with Crippen LogP contribution in [0.15, 0.2) is 28.7 Å². The number of likely N-dealkylation sites (N-methyl/N-ethyl adjacent to an activating group) is 1. The largest absolute Gasteiger partial charge is 0.313 e. The van der Waals surface area contributed by atoms with E-state index >= 15 is 0 Å². The van der Waals surface area contributed by atoms with Crippen LogP contribution in [0.2, 0.25) is 0 Å². The third kappa shape index (κ3) is 4.71. The summed E-state index contributed by atoms with van der Waals surface area (Å²) >= 11 is 3.53. The average Bonchev–Trinajstić information content (AvgIpc) is 2.57. The van der Waals surface area contributed by atoms with E-state index < -0.39 is 0 Å². The molecule has 2 nitrogen and oxygen atoms in total. The summed E-state index contributed by atoms with van der Waals surface area (Å²) in [7, 11) is 2.22. The Morgan fingerprint density at radius 2 is 2.22 bits per heavy atom. The Hall–Kier alpha value is -0.380. The fourth-order valence-electron chi connectivity index (χ4n) is 2.64. The smallest absolute Gasteiger partial charge is 0.0231 e. The second-order valence-corrected chi connectivity index (χ2v) is 6.24. The summed E-state index contributed by atoms with van der Waals surface area (Å²) in [5.74, 6) is 0. The Morgan fingerprint density at radius 1 is 1.33 bits per heavy atom. The van der Waals surface area contributed by atoms with Crippen molar-refractivity contribution in [2.75, 3.05) is 20.1 Å². The molecular weight excluding hydrogens is 288 g/mol. The Labute approximate surface area is 119 Å². The van der Waals surface area contributed by atoms with Crippen LogP contribution in [0, 0.1) is 0 Å². The molecule has 1 saturated heterocycles. The summed E-state index contributed by atoms with van der Waals surface area (Å²) in [6.45, 7) is 3.36. The van der Waals surface area contributed by atoms with Gasteiger partial charge in [0.05, 0.1) is 0 Å². The van der Waals surface area contributed by atoms with E-state index in [1.807, 2.05) is 0 Å². The first-order chi connectivity index (χ1) is 8.74. The summed E-state index contributed by atoms with van der Waals surface area (Å²) in [5.41, 5.74) is 1.38. The molecule has 1 atom stereocenters. The Kier molecular flexibility index (Phi) is 5.67. The molecule has 1 aliphatic rings. The van der Waals surface area contributed by atoms with Crippen molar-refractivity contribution in [3.8, 4) is 0 Å². The minimum absolute atomic E-state index is 0.671. The highest BCUT2D eigenvalue weighted by molar-refractivity contribution is 9.10. The second kappa shape index (κ2) is 7.27. The molecule has 0 bridgehead atoms. The maximum atomic E-state index is 3.66. The predicted molar refractivity (Wildman–Crippen MR) is 80.7 cm³/mol. The fourth-order valence-corrected chi connectivity index (χ4v) is 3.09. The van der Waals surface area contributed by atoms with Crippen molar-refractivity contribution in [2.24, 2.45) is 0 Å². The molecule has 0 radical (unpaired) electrons. The highest BCUT2D eigenvalue weighted by Gasteiger charge is 2.13. The van der Waals surface area contributed by atoms with Crippen LogP contribution in [0.25, 0.3) is 0 Å². The maximum absolute atomic E-state index is 3.66. The molecule has 1 heterocycles. The van der Waals surface area contributed by atoms with Gasteiger partial charge in [-0.2, -0.15) is 0 Å². The zero-order chi connectivity index (χ0) is 12.8. The fraction of sp³-hybridized carbons (Fsp3) is 0.600. The molecular formula is C15H23BrN2. The minimum atomic E-state index is 0.671. The lowest BCUT2D eigenvalue weighted by Crippen LogP contribution is -2.38. The summed E-state index contributed by atoms with van der Waals surface area (Å²) in [4.78, 5) is 2.42. The predicted octanol–water partition coefficient (Wildman–Crippen LogP) is 3.41.